The third-order valence-electron chi connectivity index (χ3n) is 2.13. The molecule has 0 N–H and O–H groups in total. The normalized spacial score (nSPS) is 11.3. The van der Waals surface area contributed by atoms with Crippen LogP contribution in [0.3, 0.4) is 0 Å². The molecule has 0 radical (unpaired) electrons. The smallest absolute Gasteiger partial charge is 0.271 e. The molecule has 0 aliphatic carbocycles. The maximum atomic E-state index is 11.8. The lowest BCUT2D eigenvalue weighted by molar-refractivity contribution is -0.384. The van der Waals surface area contributed by atoms with Gasteiger partial charge in [-0.15, -0.1) is 11.6 Å². The first kappa shape index (κ1) is 16.0. The molecule has 0 spiro atoms. The SMILES string of the molecule is COCN(c1cc([N+](=O)[O-])ccc1Cl)S(=O)(=O)CCl. The minimum atomic E-state index is -3.87. The lowest BCUT2D eigenvalue weighted by Crippen LogP contribution is -2.33. The van der Waals surface area contributed by atoms with Gasteiger partial charge in [-0.25, -0.2) is 12.7 Å². The van der Waals surface area contributed by atoms with Crippen molar-refractivity contribution in [3.63, 3.8) is 0 Å². The molecule has 7 nitrogen and oxygen atoms in total. The first-order valence-electron chi connectivity index (χ1n) is 4.82. The molecule has 0 bridgehead atoms. The number of alkyl halides is 1. The van der Waals surface area contributed by atoms with Crippen LogP contribution in [0.2, 0.25) is 5.02 Å². The maximum Gasteiger partial charge on any atom is 0.271 e. The number of hydrogen-bond donors (Lipinski definition) is 0. The van der Waals surface area contributed by atoms with Crippen molar-refractivity contribution in [2.45, 2.75) is 0 Å². The van der Waals surface area contributed by atoms with Crippen molar-refractivity contribution < 1.29 is 18.1 Å². The van der Waals surface area contributed by atoms with Crippen molar-refractivity contribution in [2.75, 3.05) is 23.4 Å². The van der Waals surface area contributed by atoms with E-state index in [1.165, 1.54) is 19.2 Å². The second kappa shape index (κ2) is 6.38. The molecule has 0 aromatic heterocycles. The highest BCUT2D eigenvalue weighted by Gasteiger charge is 2.25. The first-order valence-corrected chi connectivity index (χ1v) is 7.35. The van der Waals surface area contributed by atoms with Gasteiger partial charge in [0.25, 0.3) is 15.7 Å². The maximum absolute atomic E-state index is 11.8. The van der Waals surface area contributed by atoms with Crippen LogP contribution >= 0.6 is 23.2 Å². The van der Waals surface area contributed by atoms with Crippen molar-refractivity contribution >= 4 is 44.6 Å². The minimum Gasteiger partial charge on any atom is -0.363 e. The Kier molecular flexibility index (Phi) is 5.36. The largest absolute Gasteiger partial charge is 0.363 e. The molecular weight excluding hydrogens is 319 g/mol. The molecule has 0 aliphatic heterocycles. The van der Waals surface area contributed by atoms with Gasteiger partial charge in [-0.3, -0.25) is 10.1 Å². The molecule has 0 atom stereocenters. The van der Waals surface area contributed by atoms with Crippen LogP contribution in [-0.2, 0) is 14.8 Å². The molecule has 0 aliphatic rings. The Morgan fingerprint density at radius 2 is 2.11 bits per heavy atom. The zero-order chi connectivity index (χ0) is 14.6. The average Bonchev–Trinajstić information content (AvgIpc) is 2.36. The van der Waals surface area contributed by atoms with Crippen molar-refractivity contribution in [1.82, 2.24) is 0 Å². The molecule has 19 heavy (non-hydrogen) atoms. The van der Waals surface area contributed by atoms with Crippen LogP contribution in [-0.4, -0.2) is 32.4 Å². The average molecular weight is 329 g/mol. The van der Waals surface area contributed by atoms with Gasteiger partial charge in [-0.1, -0.05) is 11.6 Å². The van der Waals surface area contributed by atoms with Gasteiger partial charge in [0, 0.05) is 19.2 Å². The molecule has 0 saturated carbocycles. The van der Waals surface area contributed by atoms with Gasteiger partial charge in [0.1, 0.15) is 11.9 Å². The molecule has 10 heteroatoms. The molecule has 1 aromatic rings. The van der Waals surface area contributed by atoms with Gasteiger partial charge in [0.15, 0.2) is 0 Å². The third-order valence-corrected chi connectivity index (χ3v) is 4.53. The summed E-state index contributed by atoms with van der Waals surface area (Å²) in [4.78, 5) is 10.0. The van der Waals surface area contributed by atoms with E-state index in [1.54, 1.807) is 0 Å². The van der Waals surface area contributed by atoms with E-state index in [0.717, 1.165) is 10.4 Å². The summed E-state index contributed by atoms with van der Waals surface area (Å²) >= 11 is 11.2. The van der Waals surface area contributed by atoms with Gasteiger partial charge in [-0.05, 0) is 6.07 Å². The van der Waals surface area contributed by atoms with Crippen LogP contribution in [0.25, 0.3) is 0 Å². The van der Waals surface area contributed by atoms with Gasteiger partial charge < -0.3 is 4.74 Å². The summed E-state index contributed by atoms with van der Waals surface area (Å²) in [6, 6.07) is 3.46. The quantitative estimate of drug-likeness (QED) is 0.345. The summed E-state index contributed by atoms with van der Waals surface area (Å²) in [6.07, 6.45) is 0. The van der Waals surface area contributed by atoms with Crippen LogP contribution in [0.1, 0.15) is 0 Å². The lowest BCUT2D eigenvalue weighted by Gasteiger charge is -2.22. The molecule has 0 amide bonds. The van der Waals surface area contributed by atoms with E-state index in [4.69, 9.17) is 27.9 Å². The van der Waals surface area contributed by atoms with Crippen molar-refractivity contribution in [1.29, 1.82) is 0 Å². The number of nitrogens with zero attached hydrogens (tertiary/aromatic N) is 2. The third kappa shape index (κ3) is 3.69. The number of methoxy groups -OCH3 is 1. The Hall–Kier alpha value is -1.09. The Balaban J connectivity index is 3.38. The number of nitro groups is 1. The van der Waals surface area contributed by atoms with Crippen LogP contribution in [0.5, 0.6) is 0 Å². The zero-order valence-electron chi connectivity index (χ0n) is 9.75. The molecular formula is C9H10Cl2N2O5S. The number of benzene rings is 1. The Labute approximate surface area is 119 Å². The van der Waals surface area contributed by atoms with Gasteiger partial charge in [0.05, 0.1) is 15.6 Å². The van der Waals surface area contributed by atoms with E-state index in [-0.39, 0.29) is 23.1 Å². The number of non-ortho nitro benzene ring substituents is 1. The van der Waals surface area contributed by atoms with Crippen LogP contribution in [0.15, 0.2) is 18.2 Å². The Bertz CT molecular complexity index is 578. The number of ether oxygens (including phenoxy) is 1. The number of nitro benzene ring substituents is 1. The van der Waals surface area contributed by atoms with Gasteiger partial charge in [0.2, 0.25) is 0 Å². The fraction of sp³-hybridized carbons (Fsp3) is 0.333. The minimum absolute atomic E-state index is 0.0383. The highest BCUT2D eigenvalue weighted by Crippen LogP contribution is 2.32. The van der Waals surface area contributed by atoms with Crippen molar-refractivity contribution in [2.24, 2.45) is 0 Å². The molecule has 1 aromatic carbocycles. The van der Waals surface area contributed by atoms with E-state index >= 15 is 0 Å². The molecule has 1 rings (SSSR count). The summed E-state index contributed by atoms with van der Waals surface area (Å²) in [5.41, 5.74) is -0.344. The standard InChI is InChI=1S/C9H10Cl2N2O5S/c1-18-6-12(19(16,17)5-10)9-4-7(13(14)15)2-3-8(9)11/h2-4H,5-6H2,1H3. The Morgan fingerprint density at radius 3 is 2.58 bits per heavy atom. The lowest BCUT2D eigenvalue weighted by atomic mass is 10.3. The highest BCUT2D eigenvalue weighted by molar-refractivity contribution is 7.93. The molecule has 0 unspecified atom stereocenters. The predicted molar refractivity (Wildman–Crippen MR) is 72.1 cm³/mol. The summed E-state index contributed by atoms with van der Waals surface area (Å²) < 4.78 is 29.2. The van der Waals surface area contributed by atoms with E-state index in [9.17, 15) is 18.5 Å². The second-order valence-electron chi connectivity index (χ2n) is 3.38. The number of hydrogen-bond acceptors (Lipinski definition) is 5. The number of anilines is 1. The van der Waals surface area contributed by atoms with E-state index in [2.05, 4.69) is 0 Å². The fourth-order valence-electron chi connectivity index (χ4n) is 1.28. The molecule has 106 valence electrons. The van der Waals surface area contributed by atoms with Crippen LogP contribution in [0.4, 0.5) is 11.4 Å². The summed E-state index contributed by atoms with van der Waals surface area (Å²) in [5, 5.41) is 10.0. The van der Waals surface area contributed by atoms with Crippen molar-refractivity contribution in [3.8, 4) is 0 Å². The number of rotatable bonds is 6. The van der Waals surface area contributed by atoms with Gasteiger partial charge in [-0.2, -0.15) is 0 Å². The monoisotopic (exact) mass is 328 g/mol. The Morgan fingerprint density at radius 1 is 1.47 bits per heavy atom. The number of sulfonamides is 1. The second-order valence-corrected chi connectivity index (χ2v) is 6.26. The van der Waals surface area contributed by atoms with E-state index in [0.29, 0.717) is 0 Å². The molecule has 0 fully saturated rings. The first-order chi connectivity index (χ1) is 8.83. The topological polar surface area (TPSA) is 89.8 Å². The summed E-state index contributed by atoms with van der Waals surface area (Å²) in [5.74, 6) is 0. The van der Waals surface area contributed by atoms with Crippen molar-refractivity contribution in [3.05, 3.63) is 33.3 Å². The number of halogens is 2. The zero-order valence-corrected chi connectivity index (χ0v) is 12.1. The summed E-state index contributed by atoms with van der Waals surface area (Å²) in [6.45, 7) is -0.351. The molecule has 0 heterocycles. The predicted octanol–water partition coefficient (Wildman–Crippen LogP) is 2.18. The van der Waals surface area contributed by atoms with E-state index in [1.807, 2.05) is 0 Å². The van der Waals surface area contributed by atoms with Crippen LogP contribution in [0, 0.1) is 10.1 Å². The highest BCUT2D eigenvalue weighted by atomic mass is 35.5. The molecule has 0 saturated heterocycles. The van der Waals surface area contributed by atoms with Gasteiger partial charge >= 0.3 is 0 Å². The van der Waals surface area contributed by atoms with E-state index < -0.39 is 20.2 Å². The fourth-order valence-corrected chi connectivity index (χ4v) is 2.74. The van der Waals surface area contributed by atoms with Crippen LogP contribution < -0.4 is 4.31 Å². The summed E-state index contributed by atoms with van der Waals surface area (Å²) in [7, 11) is -2.59.